The molecule has 6 heteroatoms. The van der Waals surface area contributed by atoms with Crippen molar-refractivity contribution in [3.63, 3.8) is 0 Å². The number of ketones is 1. The molecule has 0 bridgehead atoms. The first-order valence-electron chi connectivity index (χ1n) is 4.52. The number of carbonyl (C=O) groups excluding carboxylic acids is 1. The molecule has 0 fully saturated rings. The Kier molecular flexibility index (Phi) is 3.61. The van der Waals surface area contributed by atoms with Crippen LogP contribution < -0.4 is 0 Å². The van der Waals surface area contributed by atoms with Gasteiger partial charge in [-0.05, 0) is 37.9 Å². The average molecular weight is 364 g/mol. The number of hydrogen-bond donors (Lipinski definition) is 0. The summed E-state index contributed by atoms with van der Waals surface area (Å²) in [6.45, 7) is 0. The summed E-state index contributed by atoms with van der Waals surface area (Å²) in [5, 5.41) is 0. The van der Waals surface area contributed by atoms with Crippen molar-refractivity contribution in [1.29, 1.82) is 0 Å². The molecule has 2 rings (SSSR count). The molecule has 0 spiro atoms. The summed E-state index contributed by atoms with van der Waals surface area (Å²) < 4.78 is 3.66. The number of thiophene rings is 1. The third-order valence-corrected chi connectivity index (χ3v) is 4.54. The molecule has 16 heavy (non-hydrogen) atoms. The number of halogens is 2. The van der Waals surface area contributed by atoms with E-state index in [1.807, 2.05) is 23.9 Å². The number of imidazole rings is 1. The molecule has 0 aliphatic carbocycles. The predicted molar refractivity (Wildman–Crippen MR) is 71.0 cm³/mol. The molecule has 0 radical (unpaired) electrons. The van der Waals surface area contributed by atoms with Crippen LogP contribution in [-0.4, -0.2) is 15.3 Å². The van der Waals surface area contributed by atoms with E-state index in [9.17, 15) is 4.79 Å². The maximum absolute atomic E-state index is 12.0. The van der Waals surface area contributed by atoms with Crippen LogP contribution in [0.3, 0.4) is 0 Å². The topological polar surface area (TPSA) is 34.9 Å². The van der Waals surface area contributed by atoms with Gasteiger partial charge in [-0.15, -0.1) is 11.3 Å². The van der Waals surface area contributed by atoms with Gasteiger partial charge in [-0.3, -0.25) is 4.79 Å². The van der Waals surface area contributed by atoms with Crippen LogP contribution in [0.5, 0.6) is 0 Å². The van der Waals surface area contributed by atoms with Gasteiger partial charge >= 0.3 is 0 Å². The number of carbonyl (C=O) groups is 1. The highest BCUT2D eigenvalue weighted by atomic mass is 79.9. The minimum Gasteiger partial charge on any atom is -0.338 e. The largest absolute Gasteiger partial charge is 0.338 e. The fraction of sp³-hybridized carbons (Fsp3) is 0.200. The highest BCUT2D eigenvalue weighted by molar-refractivity contribution is 9.12. The van der Waals surface area contributed by atoms with E-state index in [1.165, 1.54) is 11.3 Å². The molecule has 0 aromatic carbocycles. The second-order valence-corrected chi connectivity index (χ2v) is 7.04. The SMILES string of the molecule is Cn1ccnc1CC(=O)c1cc(Br)sc1Br. The lowest BCUT2D eigenvalue weighted by molar-refractivity contribution is 0.0989. The van der Waals surface area contributed by atoms with E-state index < -0.39 is 0 Å². The second-order valence-electron chi connectivity index (χ2n) is 3.29. The van der Waals surface area contributed by atoms with Gasteiger partial charge in [0, 0.05) is 25.0 Å². The van der Waals surface area contributed by atoms with Crippen molar-refractivity contribution < 1.29 is 4.79 Å². The van der Waals surface area contributed by atoms with Gasteiger partial charge in [0.25, 0.3) is 0 Å². The number of aryl methyl sites for hydroxylation is 1. The van der Waals surface area contributed by atoms with Gasteiger partial charge < -0.3 is 4.57 Å². The molecule has 84 valence electrons. The number of hydrogen-bond acceptors (Lipinski definition) is 3. The van der Waals surface area contributed by atoms with E-state index in [-0.39, 0.29) is 5.78 Å². The van der Waals surface area contributed by atoms with Crippen LogP contribution in [0.4, 0.5) is 0 Å². The minimum atomic E-state index is 0.0723. The number of nitrogens with zero attached hydrogens (tertiary/aromatic N) is 2. The molecule has 2 aromatic rings. The second kappa shape index (κ2) is 4.81. The summed E-state index contributed by atoms with van der Waals surface area (Å²) in [7, 11) is 1.88. The Morgan fingerprint density at radius 1 is 1.56 bits per heavy atom. The summed E-state index contributed by atoms with van der Waals surface area (Å²) in [6, 6.07) is 1.83. The number of rotatable bonds is 3. The molecule has 0 atom stereocenters. The Bertz CT molecular complexity index is 533. The zero-order valence-electron chi connectivity index (χ0n) is 8.41. The lowest BCUT2D eigenvalue weighted by Crippen LogP contribution is -2.07. The first-order chi connectivity index (χ1) is 7.58. The molecule has 2 heterocycles. The highest BCUT2D eigenvalue weighted by Crippen LogP contribution is 2.32. The van der Waals surface area contributed by atoms with Crippen LogP contribution in [0.2, 0.25) is 0 Å². The first-order valence-corrected chi connectivity index (χ1v) is 6.92. The van der Waals surface area contributed by atoms with Crippen molar-refractivity contribution in [2.24, 2.45) is 7.05 Å². The van der Waals surface area contributed by atoms with Gasteiger partial charge in [0.05, 0.1) is 14.0 Å². The molecule has 0 saturated heterocycles. The van der Waals surface area contributed by atoms with Crippen molar-refractivity contribution in [2.75, 3.05) is 0 Å². The van der Waals surface area contributed by atoms with Crippen LogP contribution in [0.1, 0.15) is 16.2 Å². The molecule has 0 N–H and O–H groups in total. The number of Topliss-reactive ketones (excluding diaryl/α,β-unsaturated/α-hetero) is 1. The normalized spacial score (nSPS) is 10.7. The van der Waals surface area contributed by atoms with Gasteiger partial charge in [0.2, 0.25) is 0 Å². The van der Waals surface area contributed by atoms with Crippen molar-refractivity contribution >= 4 is 49.0 Å². The van der Waals surface area contributed by atoms with E-state index in [2.05, 4.69) is 36.8 Å². The summed E-state index contributed by atoms with van der Waals surface area (Å²) in [6.07, 6.45) is 3.85. The van der Waals surface area contributed by atoms with Gasteiger partial charge in [-0.1, -0.05) is 0 Å². The molecular weight excluding hydrogens is 356 g/mol. The molecule has 2 aromatic heterocycles. The fourth-order valence-corrected chi connectivity index (χ4v) is 4.19. The fourth-order valence-electron chi connectivity index (χ4n) is 1.34. The standard InChI is InChI=1S/C10H8Br2N2OS/c1-14-3-2-13-9(14)5-7(15)6-4-8(11)16-10(6)12/h2-4H,5H2,1H3. The lowest BCUT2D eigenvalue weighted by Gasteiger charge is -2.00. The molecule has 0 aliphatic heterocycles. The highest BCUT2D eigenvalue weighted by Gasteiger charge is 2.15. The zero-order chi connectivity index (χ0) is 11.7. The molecule has 3 nitrogen and oxygen atoms in total. The van der Waals surface area contributed by atoms with E-state index >= 15 is 0 Å². The van der Waals surface area contributed by atoms with Crippen molar-refractivity contribution in [2.45, 2.75) is 6.42 Å². The smallest absolute Gasteiger partial charge is 0.172 e. The van der Waals surface area contributed by atoms with E-state index in [4.69, 9.17) is 0 Å². The molecule has 0 unspecified atom stereocenters. The Balaban J connectivity index is 2.21. The Labute approximate surface area is 114 Å². The lowest BCUT2D eigenvalue weighted by atomic mass is 10.1. The van der Waals surface area contributed by atoms with Crippen molar-refractivity contribution in [3.05, 3.63) is 37.4 Å². The molecular formula is C10H8Br2N2OS. The first kappa shape index (κ1) is 12.0. The van der Waals surface area contributed by atoms with Gasteiger partial charge in [0.1, 0.15) is 5.82 Å². The molecule has 0 saturated carbocycles. The van der Waals surface area contributed by atoms with Crippen LogP contribution in [-0.2, 0) is 13.5 Å². The number of aromatic nitrogens is 2. The van der Waals surface area contributed by atoms with E-state index in [0.29, 0.717) is 12.0 Å². The monoisotopic (exact) mass is 362 g/mol. The summed E-state index contributed by atoms with van der Waals surface area (Å²) >= 11 is 8.24. The van der Waals surface area contributed by atoms with E-state index in [0.717, 1.165) is 13.4 Å². The maximum atomic E-state index is 12.0. The predicted octanol–water partition coefficient (Wildman–Crippen LogP) is 3.43. The Hall–Kier alpha value is -0.460. The van der Waals surface area contributed by atoms with Crippen LogP contribution >= 0.6 is 43.2 Å². The molecule has 0 amide bonds. The van der Waals surface area contributed by atoms with Gasteiger partial charge in [-0.25, -0.2) is 4.98 Å². The van der Waals surface area contributed by atoms with Crippen LogP contribution in [0, 0.1) is 0 Å². The van der Waals surface area contributed by atoms with Crippen molar-refractivity contribution in [1.82, 2.24) is 9.55 Å². The van der Waals surface area contributed by atoms with Crippen molar-refractivity contribution in [3.8, 4) is 0 Å². The van der Waals surface area contributed by atoms with Crippen LogP contribution in [0.25, 0.3) is 0 Å². The third-order valence-electron chi connectivity index (χ3n) is 2.20. The zero-order valence-corrected chi connectivity index (χ0v) is 12.4. The summed E-state index contributed by atoms with van der Waals surface area (Å²) in [5.74, 6) is 0.849. The van der Waals surface area contributed by atoms with Gasteiger partial charge in [0.15, 0.2) is 5.78 Å². The Morgan fingerprint density at radius 3 is 2.81 bits per heavy atom. The maximum Gasteiger partial charge on any atom is 0.172 e. The summed E-state index contributed by atoms with van der Waals surface area (Å²) in [4.78, 5) is 16.1. The van der Waals surface area contributed by atoms with Crippen LogP contribution in [0.15, 0.2) is 26.0 Å². The quantitative estimate of drug-likeness (QED) is 0.783. The average Bonchev–Trinajstić information content (AvgIpc) is 2.74. The Morgan fingerprint density at radius 2 is 2.31 bits per heavy atom. The third kappa shape index (κ3) is 2.44. The minimum absolute atomic E-state index is 0.0723. The van der Waals surface area contributed by atoms with Gasteiger partial charge in [-0.2, -0.15) is 0 Å². The molecule has 0 aliphatic rings. The van der Waals surface area contributed by atoms with E-state index in [1.54, 1.807) is 6.20 Å². The summed E-state index contributed by atoms with van der Waals surface area (Å²) in [5.41, 5.74) is 0.708.